The van der Waals surface area contributed by atoms with Crippen molar-refractivity contribution in [1.82, 2.24) is 9.80 Å². The van der Waals surface area contributed by atoms with Crippen LogP contribution in [-0.2, 0) is 57.0 Å². The maximum Gasteiger partial charge on any atom is 0.309 e. The van der Waals surface area contributed by atoms with Gasteiger partial charge in [0.2, 0.25) is 0 Å². The molecule has 17 nitrogen and oxygen atoms in total. The highest BCUT2D eigenvalue weighted by atomic mass is 16.7. The number of ether oxygens (including phenoxy) is 9. The molecular weight excluding hydrogens is 808 g/mol. The Kier molecular flexibility index (Phi) is 20.0. The molecule has 0 saturated carbocycles. The van der Waals surface area contributed by atoms with E-state index in [1.54, 1.807) is 39.8 Å². The van der Waals surface area contributed by atoms with Crippen LogP contribution < -0.4 is 0 Å². The van der Waals surface area contributed by atoms with E-state index in [2.05, 4.69) is 4.90 Å². The molecule has 0 aromatic rings. The summed E-state index contributed by atoms with van der Waals surface area (Å²) in [5.74, 6) is -2.21. The summed E-state index contributed by atoms with van der Waals surface area (Å²) in [4.78, 5) is 42.7. The SMILES string of the molecule is CO[C@@H]1[C@@H](OC2OC(C)C(OC3CC(C)(O)C(O)C(C)O3)C(N(C)C)C2O)[C@@H](CC=O)C[C@@H](C)[C@@H](OC2CCC(N(C)C)C(C)O2)/C=C\C=C/C[C@@H](C)OC(=O)C[C@H]1OC(C)=O. The number of hydrogen-bond donors (Lipinski definition) is 3. The zero-order chi connectivity index (χ0) is 46.1. The van der Waals surface area contributed by atoms with Gasteiger partial charge in [0.15, 0.2) is 18.9 Å². The molecule has 0 spiro atoms. The monoisotopic (exact) mass is 885 g/mol. The fourth-order valence-corrected chi connectivity index (χ4v) is 9.40. The Morgan fingerprint density at radius 1 is 0.903 bits per heavy atom. The lowest BCUT2D eigenvalue weighted by Gasteiger charge is -2.50. The van der Waals surface area contributed by atoms with Gasteiger partial charge in [-0.2, -0.15) is 0 Å². The molecular formula is C45H76N2O15. The number of methoxy groups -OCH3 is 1. The fourth-order valence-electron chi connectivity index (χ4n) is 9.40. The molecule has 4 heterocycles. The Balaban J connectivity index is 1.73. The molecule has 3 N–H and O–H groups in total. The van der Waals surface area contributed by atoms with Crippen molar-refractivity contribution in [2.75, 3.05) is 35.3 Å². The van der Waals surface area contributed by atoms with Gasteiger partial charge in [-0.05, 0) is 93.9 Å². The van der Waals surface area contributed by atoms with Crippen molar-refractivity contribution in [1.29, 1.82) is 0 Å². The molecule has 4 rings (SSSR count). The average Bonchev–Trinajstić information content (AvgIpc) is 3.16. The molecule has 356 valence electrons. The van der Waals surface area contributed by atoms with Gasteiger partial charge in [-0.25, -0.2) is 0 Å². The Morgan fingerprint density at radius 3 is 2.19 bits per heavy atom. The molecule has 19 atom stereocenters. The number of aliphatic hydroxyl groups excluding tert-OH is 2. The molecule has 3 fully saturated rings. The first-order valence-corrected chi connectivity index (χ1v) is 22.2. The first-order valence-electron chi connectivity index (χ1n) is 22.2. The number of likely N-dealkylation sites (N-methyl/N-ethyl adjacent to an activating group) is 2. The van der Waals surface area contributed by atoms with E-state index < -0.39 is 109 Å². The minimum atomic E-state index is -1.49. The predicted molar refractivity (Wildman–Crippen MR) is 226 cm³/mol. The molecule has 0 aliphatic carbocycles. The van der Waals surface area contributed by atoms with Crippen LogP contribution in [-0.4, -0.2) is 182 Å². The summed E-state index contributed by atoms with van der Waals surface area (Å²) >= 11 is 0. The minimum Gasteiger partial charge on any atom is -0.462 e. The Morgan fingerprint density at radius 2 is 1.60 bits per heavy atom. The van der Waals surface area contributed by atoms with Crippen LogP contribution in [0.1, 0.15) is 93.4 Å². The highest BCUT2D eigenvalue weighted by Crippen LogP contribution is 2.38. The Hall–Kier alpha value is -2.39. The standard InChI is InChI=1S/C45H76N2O15/c1-25-22-31(20-21-48)41(62-44-39(51)38(47(10)11)40(28(4)58-44)61-37-24-45(7,53)43(52)29(5)57-37)42(54-12)34(59-30(6)49)23-35(50)55-26(2)16-14-13-15-17-33(25)60-36-19-18-32(46(8)9)27(3)56-36/h13-15,17,21,25-29,31-34,36-44,51-53H,16,18-20,22-24H2,1-12H3/b14-13-,17-15-/t25-,26-,27?,28?,29?,31+,32?,33+,34-,36?,37?,38?,39?,40?,41+,42+,43?,44?,45?/m1/s1. The van der Waals surface area contributed by atoms with E-state index >= 15 is 0 Å². The first-order chi connectivity index (χ1) is 29.2. The maximum absolute atomic E-state index is 13.4. The Labute approximate surface area is 368 Å². The van der Waals surface area contributed by atoms with Crippen LogP contribution in [0.2, 0.25) is 0 Å². The molecule has 0 bridgehead atoms. The van der Waals surface area contributed by atoms with Crippen molar-refractivity contribution in [3.63, 3.8) is 0 Å². The highest BCUT2D eigenvalue weighted by molar-refractivity contribution is 5.72. The van der Waals surface area contributed by atoms with Crippen LogP contribution in [0.25, 0.3) is 0 Å². The summed E-state index contributed by atoms with van der Waals surface area (Å²) in [5, 5.41) is 33.6. The second kappa shape index (κ2) is 23.7. The summed E-state index contributed by atoms with van der Waals surface area (Å²) in [7, 11) is 9.02. The highest BCUT2D eigenvalue weighted by Gasteiger charge is 2.52. The largest absolute Gasteiger partial charge is 0.462 e. The van der Waals surface area contributed by atoms with Crippen molar-refractivity contribution >= 4 is 18.2 Å². The maximum atomic E-state index is 13.4. The molecule has 4 aliphatic heterocycles. The normalized spacial score (nSPS) is 44.0. The van der Waals surface area contributed by atoms with E-state index in [9.17, 15) is 29.7 Å². The predicted octanol–water partition coefficient (Wildman–Crippen LogP) is 2.90. The molecule has 0 amide bonds. The minimum absolute atomic E-state index is 0.0293. The number of esters is 2. The van der Waals surface area contributed by atoms with Gasteiger partial charge in [0.25, 0.3) is 0 Å². The molecule has 12 unspecified atom stereocenters. The smallest absolute Gasteiger partial charge is 0.309 e. The van der Waals surface area contributed by atoms with E-state index in [0.29, 0.717) is 19.3 Å². The van der Waals surface area contributed by atoms with Gasteiger partial charge in [-0.15, -0.1) is 0 Å². The van der Waals surface area contributed by atoms with E-state index in [4.69, 9.17) is 42.6 Å². The summed E-state index contributed by atoms with van der Waals surface area (Å²) in [6.45, 7) is 12.0. The van der Waals surface area contributed by atoms with Crippen molar-refractivity contribution in [2.24, 2.45) is 11.8 Å². The summed E-state index contributed by atoms with van der Waals surface area (Å²) in [5.41, 5.74) is -1.49. The Bertz CT molecular complexity index is 1480. The number of carbonyl (C=O) groups excluding carboxylic acids is 3. The third-order valence-electron chi connectivity index (χ3n) is 12.7. The zero-order valence-electron chi connectivity index (χ0n) is 38.9. The zero-order valence-corrected chi connectivity index (χ0v) is 38.9. The lowest BCUT2D eigenvalue weighted by Crippen LogP contribution is -2.65. The fraction of sp³-hybridized carbons (Fsp3) is 0.844. The number of aldehydes is 1. The number of nitrogens with zero attached hydrogens (tertiary/aromatic N) is 2. The first kappa shape index (κ1) is 52.2. The van der Waals surface area contributed by atoms with E-state index in [1.807, 2.05) is 52.2 Å². The molecule has 17 heteroatoms. The summed E-state index contributed by atoms with van der Waals surface area (Å²) in [6, 6.07) is -0.509. The third kappa shape index (κ3) is 14.1. The van der Waals surface area contributed by atoms with Gasteiger partial charge < -0.3 is 72.5 Å². The lowest BCUT2D eigenvalue weighted by molar-refractivity contribution is -0.344. The van der Waals surface area contributed by atoms with E-state index in [0.717, 1.165) is 12.7 Å². The van der Waals surface area contributed by atoms with Crippen LogP contribution in [0.15, 0.2) is 24.3 Å². The van der Waals surface area contributed by atoms with Crippen LogP contribution >= 0.6 is 0 Å². The van der Waals surface area contributed by atoms with E-state index in [1.165, 1.54) is 21.0 Å². The molecule has 0 radical (unpaired) electrons. The van der Waals surface area contributed by atoms with Gasteiger partial charge in [0, 0.05) is 39.3 Å². The molecule has 62 heavy (non-hydrogen) atoms. The number of hydrogen-bond acceptors (Lipinski definition) is 17. The molecule has 3 saturated heterocycles. The van der Waals surface area contributed by atoms with Crippen LogP contribution in [0.4, 0.5) is 0 Å². The van der Waals surface area contributed by atoms with Crippen molar-refractivity contribution in [3.8, 4) is 0 Å². The van der Waals surface area contributed by atoms with Crippen molar-refractivity contribution in [2.45, 2.75) is 197 Å². The number of rotatable bonds is 12. The van der Waals surface area contributed by atoms with Crippen molar-refractivity contribution in [3.05, 3.63) is 24.3 Å². The van der Waals surface area contributed by atoms with E-state index in [-0.39, 0.29) is 37.3 Å². The molecule has 0 aromatic heterocycles. The lowest BCUT2D eigenvalue weighted by atomic mass is 9.82. The number of aliphatic hydroxyl groups is 3. The average molecular weight is 885 g/mol. The second-order valence-corrected chi connectivity index (χ2v) is 18.4. The van der Waals surface area contributed by atoms with Gasteiger partial charge in [-0.1, -0.05) is 31.2 Å². The number of allylic oxidation sites excluding steroid dienone is 2. The number of cyclic esters (lactones) is 1. The van der Waals surface area contributed by atoms with Gasteiger partial charge >= 0.3 is 11.9 Å². The summed E-state index contributed by atoms with van der Waals surface area (Å²) in [6.07, 6.45) is -1.81. The van der Waals surface area contributed by atoms with Gasteiger partial charge in [0.05, 0.1) is 48.6 Å². The quantitative estimate of drug-likeness (QED) is 0.191. The van der Waals surface area contributed by atoms with Crippen molar-refractivity contribution < 1.29 is 72.3 Å². The second-order valence-electron chi connectivity index (χ2n) is 18.4. The van der Waals surface area contributed by atoms with Crippen LogP contribution in [0.5, 0.6) is 0 Å². The molecule has 0 aromatic carbocycles. The third-order valence-corrected chi connectivity index (χ3v) is 12.7. The summed E-state index contributed by atoms with van der Waals surface area (Å²) < 4.78 is 56.3. The van der Waals surface area contributed by atoms with Gasteiger partial charge in [-0.3, -0.25) is 9.59 Å². The van der Waals surface area contributed by atoms with Gasteiger partial charge in [0.1, 0.15) is 42.9 Å². The topological polar surface area (TPSA) is 201 Å². The molecule has 4 aliphatic rings. The van der Waals surface area contributed by atoms with Crippen LogP contribution in [0, 0.1) is 11.8 Å². The van der Waals surface area contributed by atoms with Crippen LogP contribution in [0.3, 0.4) is 0 Å². The number of carbonyl (C=O) groups is 3.